The average Bonchev–Trinajstić information content (AvgIpc) is 3.32. The zero-order chi connectivity index (χ0) is 24.0. The van der Waals surface area contributed by atoms with E-state index in [9.17, 15) is 13.2 Å². The van der Waals surface area contributed by atoms with Crippen molar-refractivity contribution in [2.45, 2.75) is 58.7 Å². The van der Waals surface area contributed by atoms with Crippen LogP contribution in [0, 0.1) is 0 Å². The molecule has 2 aromatic heterocycles. The topological polar surface area (TPSA) is 69.9 Å². The van der Waals surface area contributed by atoms with Crippen LogP contribution in [-0.4, -0.2) is 14.7 Å². The monoisotopic (exact) mass is 456 g/mol. The second kappa shape index (κ2) is 8.24. The van der Waals surface area contributed by atoms with Gasteiger partial charge in [-0.2, -0.15) is 18.2 Å². The molecular weight excluding hydrogens is 429 g/mol. The Morgan fingerprint density at radius 3 is 2.33 bits per heavy atom. The van der Waals surface area contributed by atoms with Crippen LogP contribution < -0.4 is 5.73 Å². The lowest BCUT2D eigenvalue weighted by molar-refractivity contribution is -0.135. The van der Waals surface area contributed by atoms with E-state index in [1.807, 2.05) is 35.8 Å². The molecule has 0 atom stereocenters. The number of aromatic nitrogens is 3. The van der Waals surface area contributed by atoms with Gasteiger partial charge in [0.1, 0.15) is 0 Å². The number of benzene rings is 2. The first-order valence-corrected chi connectivity index (χ1v) is 10.9. The fourth-order valence-electron chi connectivity index (χ4n) is 4.06. The minimum atomic E-state index is -4.54. The van der Waals surface area contributed by atoms with Gasteiger partial charge in [-0.15, -0.1) is 0 Å². The van der Waals surface area contributed by atoms with E-state index in [1.165, 1.54) is 11.6 Å². The largest absolute Gasteiger partial charge is 0.419 e. The summed E-state index contributed by atoms with van der Waals surface area (Å²) in [6.07, 6.45) is -3.15. The summed E-state index contributed by atoms with van der Waals surface area (Å²) < 4.78 is 48.4. The summed E-state index contributed by atoms with van der Waals surface area (Å²) in [7, 11) is 0. The summed E-state index contributed by atoms with van der Waals surface area (Å²) in [5.41, 5.74) is 7.83. The fraction of sp³-hybridized carbons (Fsp3) is 0.360. The number of nitrogen functional groups attached to an aromatic ring is 1. The third kappa shape index (κ3) is 4.47. The standard InChI is InChI=1S/C25H27F3N4O/c1-5-6-17-13-18-20(12-11-19(29)22(18)25(26,27)28)32(17)14-21-30-23(33-31-21)15-7-9-16(10-8-15)24(2,3)4/h7-13H,5-6,14,29H2,1-4H3. The first-order chi connectivity index (χ1) is 15.5. The number of rotatable bonds is 5. The third-order valence-electron chi connectivity index (χ3n) is 5.76. The molecule has 0 amide bonds. The summed E-state index contributed by atoms with van der Waals surface area (Å²) in [4.78, 5) is 4.50. The van der Waals surface area contributed by atoms with Crippen LogP contribution in [0.25, 0.3) is 22.4 Å². The number of hydrogen-bond acceptors (Lipinski definition) is 4. The van der Waals surface area contributed by atoms with Gasteiger partial charge in [0.05, 0.1) is 12.1 Å². The van der Waals surface area contributed by atoms with Crippen LogP contribution in [0.1, 0.15) is 56.8 Å². The maximum atomic E-state index is 13.7. The molecule has 0 saturated heterocycles. The van der Waals surface area contributed by atoms with Gasteiger partial charge in [0.25, 0.3) is 5.89 Å². The predicted molar refractivity (Wildman–Crippen MR) is 123 cm³/mol. The number of nitrogens with two attached hydrogens (primary N) is 1. The maximum absolute atomic E-state index is 13.7. The molecule has 2 N–H and O–H groups in total. The van der Waals surface area contributed by atoms with E-state index in [-0.39, 0.29) is 23.0 Å². The molecule has 0 fully saturated rings. The Morgan fingerprint density at radius 2 is 1.73 bits per heavy atom. The van der Waals surface area contributed by atoms with Gasteiger partial charge in [-0.25, -0.2) is 0 Å². The molecule has 0 spiro atoms. The van der Waals surface area contributed by atoms with Gasteiger partial charge in [0.2, 0.25) is 0 Å². The zero-order valence-electron chi connectivity index (χ0n) is 19.1. The van der Waals surface area contributed by atoms with E-state index in [0.717, 1.165) is 17.7 Å². The highest BCUT2D eigenvalue weighted by Crippen LogP contribution is 2.40. The molecule has 33 heavy (non-hydrogen) atoms. The molecule has 0 unspecified atom stereocenters. The van der Waals surface area contributed by atoms with Gasteiger partial charge in [0, 0.05) is 27.8 Å². The van der Waals surface area contributed by atoms with E-state index in [4.69, 9.17) is 10.3 Å². The Bertz CT molecular complexity index is 1280. The van der Waals surface area contributed by atoms with Crippen molar-refractivity contribution in [2.24, 2.45) is 0 Å². The number of hydrogen-bond donors (Lipinski definition) is 1. The van der Waals surface area contributed by atoms with Crippen molar-refractivity contribution in [3.05, 3.63) is 65.1 Å². The molecule has 4 aromatic rings. The first-order valence-electron chi connectivity index (χ1n) is 10.9. The van der Waals surface area contributed by atoms with E-state index in [2.05, 4.69) is 30.9 Å². The average molecular weight is 457 g/mol. The van der Waals surface area contributed by atoms with Gasteiger partial charge >= 0.3 is 6.18 Å². The van der Waals surface area contributed by atoms with Gasteiger partial charge < -0.3 is 14.8 Å². The first kappa shape index (κ1) is 22.9. The molecule has 0 aliphatic carbocycles. The van der Waals surface area contributed by atoms with E-state index < -0.39 is 11.7 Å². The van der Waals surface area contributed by atoms with Gasteiger partial charge in [-0.1, -0.05) is 51.4 Å². The van der Waals surface area contributed by atoms with Crippen LogP contribution in [0.5, 0.6) is 0 Å². The maximum Gasteiger partial charge on any atom is 0.419 e. The molecule has 0 aliphatic rings. The molecule has 8 heteroatoms. The third-order valence-corrected chi connectivity index (χ3v) is 5.76. The molecule has 5 nitrogen and oxygen atoms in total. The van der Waals surface area contributed by atoms with Crippen LogP contribution in [0.4, 0.5) is 18.9 Å². The zero-order valence-corrected chi connectivity index (χ0v) is 19.1. The summed E-state index contributed by atoms with van der Waals surface area (Å²) in [5.74, 6) is 0.768. The van der Waals surface area contributed by atoms with Crippen molar-refractivity contribution in [3.63, 3.8) is 0 Å². The number of alkyl halides is 3. The van der Waals surface area contributed by atoms with Crippen molar-refractivity contribution in [1.82, 2.24) is 14.7 Å². The van der Waals surface area contributed by atoms with Crippen LogP contribution in [0.3, 0.4) is 0 Å². The summed E-state index contributed by atoms with van der Waals surface area (Å²) in [6, 6.07) is 12.4. The fourth-order valence-corrected chi connectivity index (χ4v) is 4.06. The molecule has 2 heterocycles. The van der Waals surface area contributed by atoms with E-state index in [1.54, 1.807) is 12.1 Å². The van der Waals surface area contributed by atoms with Gasteiger partial charge in [-0.05, 0) is 47.7 Å². The number of anilines is 1. The van der Waals surface area contributed by atoms with Crippen LogP contribution in [0.15, 0.2) is 47.0 Å². The predicted octanol–water partition coefficient (Wildman–Crippen LogP) is 6.59. The van der Waals surface area contributed by atoms with Gasteiger partial charge in [-0.3, -0.25) is 0 Å². The summed E-state index contributed by atoms with van der Waals surface area (Å²) >= 11 is 0. The van der Waals surface area contributed by atoms with Gasteiger partial charge in [0.15, 0.2) is 5.82 Å². The molecule has 0 bridgehead atoms. The Morgan fingerprint density at radius 1 is 1.03 bits per heavy atom. The number of halogens is 3. The lowest BCUT2D eigenvalue weighted by Gasteiger charge is -2.18. The minimum absolute atomic E-state index is 0.0301. The molecular formula is C25H27F3N4O. The molecule has 4 rings (SSSR count). The van der Waals surface area contributed by atoms with Crippen molar-refractivity contribution >= 4 is 16.6 Å². The SMILES string of the molecule is CCCc1cc2c(C(F)(F)F)c(N)ccc2n1Cc1noc(-c2ccc(C(C)(C)C)cc2)n1. The van der Waals surface area contributed by atoms with Crippen LogP contribution in [0.2, 0.25) is 0 Å². The van der Waals surface area contributed by atoms with Crippen molar-refractivity contribution < 1.29 is 17.7 Å². The summed E-state index contributed by atoms with van der Waals surface area (Å²) in [6.45, 7) is 8.60. The molecule has 0 radical (unpaired) electrons. The van der Waals surface area contributed by atoms with E-state index >= 15 is 0 Å². The highest BCUT2D eigenvalue weighted by atomic mass is 19.4. The second-order valence-corrected chi connectivity index (χ2v) is 9.28. The number of fused-ring (bicyclic) bond motifs is 1. The molecule has 174 valence electrons. The van der Waals surface area contributed by atoms with Crippen LogP contribution in [-0.2, 0) is 24.6 Å². The van der Waals surface area contributed by atoms with E-state index in [0.29, 0.717) is 23.7 Å². The quantitative estimate of drug-likeness (QED) is 0.344. The number of aryl methyl sites for hydroxylation is 1. The van der Waals surface area contributed by atoms with Crippen molar-refractivity contribution in [3.8, 4) is 11.5 Å². The highest BCUT2D eigenvalue weighted by molar-refractivity contribution is 5.89. The van der Waals surface area contributed by atoms with Crippen molar-refractivity contribution in [2.75, 3.05) is 5.73 Å². The Labute approximate surface area is 190 Å². The Kier molecular flexibility index (Phi) is 5.72. The summed E-state index contributed by atoms with van der Waals surface area (Å²) in [5, 5.41) is 4.17. The number of nitrogens with zero attached hydrogens (tertiary/aromatic N) is 3. The molecule has 0 aliphatic heterocycles. The smallest absolute Gasteiger partial charge is 0.398 e. The lowest BCUT2D eigenvalue weighted by atomic mass is 9.87. The van der Waals surface area contributed by atoms with Crippen molar-refractivity contribution in [1.29, 1.82) is 0 Å². The molecule has 2 aromatic carbocycles. The minimum Gasteiger partial charge on any atom is -0.398 e. The second-order valence-electron chi connectivity index (χ2n) is 9.28. The van der Waals surface area contributed by atoms with Crippen LogP contribution >= 0.6 is 0 Å². The highest BCUT2D eigenvalue weighted by Gasteiger charge is 2.36. The molecule has 0 saturated carbocycles. The normalized spacial score (nSPS) is 12.6. The lowest BCUT2D eigenvalue weighted by Crippen LogP contribution is -2.10. The Hall–Kier alpha value is -3.29. The Balaban J connectivity index is 1.71.